The molecule has 0 aliphatic rings. The molecular formula is C13H22ClN3O3S. The number of sulfonamides is 1. The van der Waals surface area contributed by atoms with E-state index in [0.717, 1.165) is 0 Å². The Morgan fingerprint density at radius 1 is 1.38 bits per heavy atom. The molecule has 1 aromatic rings. The maximum Gasteiger partial charge on any atom is 0.238 e. The number of rotatable bonds is 6. The maximum atomic E-state index is 11.9. The Morgan fingerprint density at radius 2 is 2.00 bits per heavy atom. The Bertz CT molecular complexity index is 590. The molecule has 0 bridgehead atoms. The summed E-state index contributed by atoms with van der Waals surface area (Å²) >= 11 is 0. The van der Waals surface area contributed by atoms with E-state index in [0.29, 0.717) is 24.2 Å². The lowest BCUT2D eigenvalue weighted by Crippen LogP contribution is -2.28. The standard InChI is InChI=1S/C13H21N3O3S.ClH/c1-4-10-5-6-11(7-12(10)20(14,18)19)16-13(17)9(2)8-15-3;/h5-7,9,15H,4,8H2,1-3H3,(H,16,17)(H2,14,18,19);1H. The van der Waals surface area contributed by atoms with E-state index in [9.17, 15) is 13.2 Å². The van der Waals surface area contributed by atoms with Crippen LogP contribution in [0.4, 0.5) is 5.69 Å². The van der Waals surface area contributed by atoms with Gasteiger partial charge in [0.15, 0.2) is 0 Å². The molecule has 120 valence electrons. The molecule has 1 rings (SSSR count). The van der Waals surface area contributed by atoms with E-state index in [2.05, 4.69) is 10.6 Å². The van der Waals surface area contributed by atoms with Crippen LogP contribution in [0, 0.1) is 5.92 Å². The predicted molar refractivity (Wildman–Crippen MR) is 86.2 cm³/mol. The SMILES string of the molecule is CCc1ccc(NC(=O)C(C)CNC)cc1S(N)(=O)=O.Cl. The minimum absolute atomic E-state index is 0. The van der Waals surface area contributed by atoms with E-state index in [4.69, 9.17) is 5.14 Å². The number of benzene rings is 1. The van der Waals surface area contributed by atoms with Gasteiger partial charge in [-0.15, -0.1) is 12.4 Å². The highest BCUT2D eigenvalue weighted by molar-refractivity contribution is 7.89. The molecule has 8 heteroatoms. The Balaban J connectivity index is 0.00000400. The number of halogens is 1. The lowest BCUT2D eigenvalue weighted by molar-refractivity contribution is -0.119. The molecule has 4 N–H and O–H groups in total. The van der Waals surface area contributed by atoms with Gasteiger partial charge in [-0.05, 0) is 31.2 Å². The quantitative estimate of drug-likeness (QED) is 0.724. The molecule has 0 aliphatic carbocycles. The number of amides is 1. The molecule has 0 saturated carbocycles. The lowest BCUT2D eigenvalue weighted by Gasteiger charge is -2.13. The first-order chi connectivity index (χ1) is 9.29. The summed E-state index contributed by atoms with van der Waals surface area (Å²) in [6.07, 6.45) is 0.552. The number of carbonyl (C=O) groups excluding carboxylic acids is 1. The number of hydrogen-bond acceptors (Lipinski definition) is 4. The van der Waals surface area contributed by atoms with Crippen LogP contribution >= 0.6 is 12.4 Å². The molecule has 0 radical (unpaired) electrons. The number of nitrogens with one attached hydrogen (secondary N) is 2. The second kappa shape index (κ2) is 8.33. The first-order valence-electron chi connectivity index (χ1n) is 6.40. The summed E-state index contributed by atoms with van der Waals surface area (Å²) in [5, 5.41) is 10.8. The van der Waals surface area contributed by atoms with Gasteiger partial charge in [-0.25, -0.2) is 13.6 Å². The fourth-order valence-electron chi connectivity index (χ4n) is 1.85. The number of hydrogen-bond donors (Lipinski definition) is 3. The van der Waals surface area contributed by atoms with E-state index in [1.807, 2.05) is 6.92 Å². The molecule has 6 nitrogen and oxygen atoms in total. The van der Waals surface area contributed by atoms with Gasteiger partial charge in [0, 0.05) is 18.2 Å². The third-order valence-electron chi connectivity index (χ3n) is 2.98. The molecule has 1 unspecified atom stereocenters. The van der Waals surface area contributed by atoms with E-state index in [1.54, 1.807) is 26.1 Å². The molecule has 1 aromatic carbocycles. The van der Waals surface area contributed by atoms with Crippen molar-refractivity contribution in [3.8, 4) is 0 Å². The van der Waals surface area contributed by atoms with Crippen molar-refractivity contribution in [3.63, 3.8) is 0 Å². The fourth-order valence-corrected chi connectivity index (χ4v) is 2.72. The van der Waals surface area contributed by atoms with Crippen LogP contribution in [0.2, 0.25) is 0 Å². The maximum absolute atomic E-state index is 11.9. The Labute approximate surface area is 132 Å². The van der Waals surface area contributed by atoms with E-state index in [-0.39, 0.29) is 29.1 Å². The highest BCUT2D eigenvalue weighted by atomic mass is 35.5. The number of primary sulfonamides is 1. The van der Waals surface area contributed by atoms with Crippen molar-refractivity contribution in [1.29, 1.82) is 0 Å². The minimum atomic E-state index is -3.80. The van der Waals surface area contributed by atoms with Crippen LogP contribution in [0.3, 0.4) is 0 Å². The number of carbonyl (C=O) groups is 1. The summed E-state index contributed by atoms with van der Waals surface area (Å²) in [5.41, 5.74) is 1.06. The molecular weight excluding hydrogens is 314 g/mol. The van der Waals surface area contributed by atoms with Crippen molar-refractivity contribution in [3.05, 3.63) is 23.8 Å². The van der Waals surface area contributed by atoms with E-state index in [1.165, 1.54) is 6.07 Å². The van der Waals surface area contributed by atoms with Gasteiger partial charge < -0.3 is 10.6 Å². The zero-order valence-corrected chi connectivity index (χ0v) is 14.0. The predicted octanol–water partition coefficient (Wildman–Crippen LogP) is 1.11. The van der Waals surface area contributed by atoms with Crippen LogP contribution < -0.4 is 15.8 Å². The van der Waals surface area contributed by atoms with Crippen LogP contribution in [-0.4, -0.2) is 27.9 Å². The van der Waals surface area contributed by atoms with Gasteiger partial charge in [0.1, 0.15) is 0 Å². The van der Waals surface area contributed by atoms with Crippen molar-refractivity contribution < 1.29 is 13.2 Å². The highest BCUT2D eigenvalue weighted by Crippen LogP contribution is 2.20. The summed E-state index contributed by atoms with van der Waals surface area (Å²) in [5.74, 6) is -0.396. The molecule has 0 spiro atoms. The molecule has 0 aliphatic heterocycles. The normalized spacial score (nSPS) is 12.4. The molecule has 0 heterocycles. The van der Waals surface area contributed by atoms with Crippen LogP contribution in [0.25, 0.3) is 0 Å². The molecule has 21 heavy (non-hydrogen) atoms. The molecule has 0 aromatic heterocycles. The molecule has 0 saturated heterocycles. The summed E-state index contributed by atoms with van der Waals surface area (Å²) in [6, 6.07) is 4.74. The number of anilines is 1. The van der Waals surface area contributed by atoms with Gasteiger partial charge in [-0.1, -0.05) is 19.9 Å². The zero-order chi connectivity index (χ0) is 15.3. The Kier molecular flexibility index (Phi) is 7.87. The molecule has 1 atom stereocenters. The number of aryl methyl sites for hydroxylation is 1. The molecule has 1 amide bonds. The smallest absolute Gasteiger partial charge is 0.238 e. The summed E-state index contributed by atoms with van der Waals surface area (Å²) in [6.45, 7) is 4.17. The lowest BCUT2D eigenvalue weighted by atomic mass is 10.1. The second-order valence-electron chi connectivity index (χ2n) is 4.67. The average Bonchev–Trinajstić information content (AvgIpc) is 2.37. The largest absolute Gasteiger partial charge is 0.326 e. The monoisotopic (exact) mass is 335 g/mol. The first-order valence-corrected chi connectivity index (χ1v) is 7.95. The van der Waals surface area contributed by atoms with Crippen molar-refractivity contribution in [2.24, 2.45) is 11.1 Å². The van der Waals surface area contributed by atoms with Crippen LogP contribution in [0.15, 0.2) is 23.1 Å². The fraction of sp³-hybridized carbons (Fsp3) is 0.462. The van der Waals surface area contributed by atoms with Gasteiger partial charge in [-0.3, -0.25) is 4.79 Å². The summed E-state index contributed by atoms with van der Waals surface area (Å²) < 4.78 is 23.1. The van der Waals surface area contributed by atoms with Crippen LogP contribution in [-0.2, 0) is 21.2 Å². The van der Waals surface area contributed by atoms with E-state index >= 15 is 0 Å². The van der Waals surface area contributed by atoms with Gasteiger partial charge in [-0.2, -0.15) is 0 Å². The van der Waals surface area contributed by atoms with Crippen molar-refractivity contribution >= 4 is 34.0 Å². The van der Waals surface area contributed by atoms with Crippen LogP contribution in [0.5, 0.6) is 0 Å². The molecule has 0 fully saturated rings. The second-order valence-corrected chi connectivity index (χ2v) is 6.20. The van der Waals surface area contributed by atoms with Crippen LogP contribution in [0.1, 0.15) is 19.4 Å². The highest BCUT2D eigenvalue weighted by Gasteiger charge is 2.16. The zero-order valence-electron chi connectivity index (χ0n) is 12.3. The van der Waals surface area contributed by atoms with Gasteiger partial charge in [0.05, 0.1) is 4.90 Å². The Morgan fingerprint density at radius 3 is 2.48 bits per heavy atom. The third-order valence-corrected chi connectivity index (χ3v) is 3.97. The Hall–Kier alpha value is -1.15. The van der Waals surface area contributed by atoms with Gasteiger partial charge in [0.25, 0.3) is 0 Å². The average molecular weight is 336 g/mol. The summed E-state index contributed by atoms with van der Waals surface area (Å²) in [7, 11) is -2.04. The van der Waals surface area contributed by atoms with Crippen molar-refractivity contribution in [2.75, 3.05) is 18.9 Å². The van der Waals surface area contributed by atoms with Gasteiger partial charge >= 0.3 is 0 Å². The first kappa shape index (κ1) is 19.9. The van der Waals surface area contributed by atoms with Crippen molar-refractivity contribution in [2.45, 2.75) is 25.2 Å². The number of nitrogens with two attached hydrogens (primary N) is 1. The van der Waals surface area contributed by atoms with Crippen molar-refractivity contribution in [1.82, 2.24) is 5.32 Å². The third kappa shape index (κ3) is 5.62. The minimum Gasteiger partial charge on any atom is -0.326 e. The topological polar surface area (TPSA) is 101 Å². The van der Waals surface area contributed by atoms with Gasteiger partial charge in [0.2, 0.25) is 15.9 Å². The summed E-state index contributed by atoms with van der Waals surface area (Å²) in [4.78, 5) is 11.9. The van der Waals surface area contributed by atoms with E-state index < -0.39 is 10.0 Å².